The number of aromatic nitrogens is 1. The smallest absolute Gasteiger partial charge is 0.375 e. The van der Waals surface area contributed by atoms with Gasteiger partial charge < -0.3 is 14.3 Å². The molecule has 0 aliphatic carbocycles. The molecule has 4 aromatic rings. The molecule has 0 bridgehead atoms. The average Bonchev–Trinajstić information content (AvgIpc) is 3.14. The van der Waals surface area contributed by atoms with Gasteiger partial charge >= 0.3 is 5.97 Å². The Bertz CT molecular complexity index is 1290. The number of phenolic OH excluding ortho intramolecular Hbond substituents is 1. The number of phenols is 1. The quantitative estimate of drug-likeness (QED) is 0.486. The number of benzene rings is 2. The fourth-order valence-corrected chi connectivity index (χ4v) is 4.34. The summed E-state index contributed by atoms with van der Waals surface area (Å²) in [5, 5.41) is 11.1. The van der Waals surface area contributed by atoms with E-state index in [4.69, 9.17) is 9.15 Å². The molecule has 0 atom stereocenters. The third kappa shape index (κ3) is 3.07. The van der Waals surface area contributed by atoms with Gasteiger partial charge in [-0.1, -0.05) is 19.1 Å². The van der Waals surface area contributed by atoms with E-state index in [9.17, 15) is 14.7 Å². The van der Waals surface area contributed by atoms with Crippen LogP contribution in [0.4, 0.5) is 0 Å². The zero-order chi connectivity index (χ0) is 20.7. The third-order valence-electron chi connectivity index (χ3n) is 4.82. The number of rotatable bonds is 4. The summed E-state index contributed by atoms with van der Waals surface area (Å²) in [6.07, 6.45) is 0.554. The van der Waals surface area contributed by atoms with E-state index in [1.54, 1.807) is 19.9 Å². The van der Waals surface area contributed by atoms with Crippen molar-refractivity contribution < 1.29 is 19.1 Å². The van der Waals surface area contributed by atoms with Crippen LogP contribution in [0, 0.1) is 6.92 Å². The van der Waals surface area contributed by atoms with Gasteiger partial charge in [-0.2, -0.15) is 0 Å². The second-order valence-electron chi connectivity index (χ2n) is 6.58. The van der Waals surface area contributed by atoms with E-state index >= 15 is 0 Å². The first-order chi connectivity index (χ1) is 14.0. The lowest BCUT2D eigenvalue weighted by Gasteiger charge is -2.12. The fourth-order valence-electron chi connectivity index (χ4n) is 3.33. The molecular formula is C22H19NO5S. The van der Waals surface area contributed by atoms with Gasteiger partial charge in [0.05, 0.1) is 22.2 Å². The Labute approximate surface area is 170 Å². The number of carbonyl (C=O) groups excluding carboxylic acids is 1. The summed E-state index contributed by atoms with van der Waals surface area (Å²) in [5.41, 5.74) is 1.69. The highest BCUT2D eigenvalue weighted by atomic mass is 32.1. The van der Waals surface area contributed by atoms with E-state index in [0.717, 1.165) is 10.2 Å². The normalized spacial score (nSPS) is 11.3. The maximum Gasteiger partial charge on any atom is 0.375 e. The van der Waals surface area contributed by atoms with Crippen LogP contribution in [0.25, 0.3) is 31.8 Å². The van der Waals surface area contributed by atoms with E-state index in [-0.39, 0.29) is 34.7 Å². The van der Waals surface area contributed by atoms with E-state index in [1.165, 1.54) is 11.3 Å². The largest absolute Gasteiger partial charge is 0.507 e. The summed E-state index contributed by atoms with van der Waals surface area (Å²) in [6, 6.07) is 9.12. The van der Waals surface area contributed by atoms with E-state index < -0.39 is 5.97 Å². The maximum absolute atomic E-state index is 13.5. The lowest BCUT2D eigenvalue weighted by atomic mass is 10.0. The Morgan fingerprint density at radius 1 is 1.28 bits per heavy atom. The molecule has 0 aliphatic rings. The number of ether oxygens (including phenoxy) is 1. The molecule has 29 heavy (non-hydrogen) atoms. The monoisotopic (exact) mass is 409 g/mol. The molecule has 2 aromatic heterocycles. The van der Waals surface area contributed by atoms with Crippen LogP contribution < -0.4 is 5.43 Å². The van der Waals surface area contributed by atoms with Crippen molar-refractivity contribution in [2.75, 3.05) is 6.61 Å². The zero-order valence-corrected chi connectivity index (χ0v) is 17.1. The minimum atomic E-state index is -0.737. The van der Waals surface area contributed by atoms with Crippen molar-refractivity contribution in [3.63, 3.8) is 0 Å². The van der Waals surface area contributed by atoms with Crippen molar-refractivity contribution in [3.8, 4) is 16.3 Å². The number of nitrogens with zero attached hydrogens (tertiary/aromatic N) is 1. The molecule has 0 unspecified atom stereocenters. The Hall–Kier alpha value is -3.19. The molecule has 2 heterocycles. The van der Waals surface area contributed by atoms with Gasteiger partial charge in [-0.15, -0.1) is 11.3 Å². The minimum Gasteiger partial charge on any atom is -0.507 e. The number of para-hydroxylation sites is 1. The van der Waals surface area contributed by atoms with Crippen LogP contribution in [0.5, 0.6) is 5.75 Å². The third-order valence-corrected chi connectivity index (χ3v) is 5.87. The molecule has 0 saturated heterocycles. The number of aryl methyl sites for hydroxylation is 2. The minimum absolute atomic E-state index is 0.0608. The zero-order valence-electron chi connectivity index (χ0n) is 16.2. The molecule has 4 rings (SSSR count). The molecule has 0 radical (unpaired) electrons. The van der Waals surface area contributed by atoms with Crippen molar-refractivity contribution in [2.24, 2.45) is 0 Å². The molecule has 0 fully saturated rings. The number of aromatic hydroxyl groups is 1. The lowest BCUT2D eigenvalue weighted by Crippen LogP contribution is -2.15. The van der Waals surface area contributed by atoms with Crippen molar-refractivity contribution >= 4 is 38.5 Å². The number of fused-ring (bicyclic) bond motifs is 2. The van der Waals surface area contributed by atoms with Crippen molar-refractivity contribution in [3.05, 3.63) is 57.4 Å². The predicted molar refractivity (Wildman–Crippen MR) is 113 cm³/mol. The van der Waals surface area contributed by atoms with Crippen LogP contribution >= 0.6 is 11.3 Å². The number of thiazole rings is 1. The van der Waals surface area contributed by atoms with Crippen molar-refractivity contribution in [2.45, 2.75) is 27.2 Å². The van der Waals surface area contributed by atoms with Gasteiger partial charge in [0.2, 0.25) is 11.2 Å². The van der Waals surface area contributed by atoms with Crippen LogP contribution in [-0.4, -0.2) is 22.7 Å². The predicted octanol–water partition coefficient (Wildman–Crippen LogP) is 4.82. The first kappa shape index (κ1) is 19.1. The highest BCUT2D eigenvalue weighted by Crippen LogP contribution is 2.35. The molecule has 0 amide bonds. The summed E-state index contributed by atoms with van der Waals surface area (Å²) >= 11 is 1.31. The van der Waals surface area contributed by atoms with Gasteiger partial charge in [-0.3, -0.25) is 4.79 Å². The van der Waals surface area contributed by atoms with Crippen LogP contribution in [0.15, 0.2) is 39.5 Å². The van der Waals surface area contributed by atoms with E-state index in [1.807, 2.05) is 31.2 Å². The second kappa shape index (κ2) is 7.33. The Kier molecular flexibility index (Phi) is 4.84. The van der Waals surface area contributed by atoms with Crippen LogP contribution in [0.3, 0.4) is 0 Å². The average molecular weight is 409 g/mol. The molecule has 148 valence electrons. The maximum atomic E-state index is 13.5. The van der Waals surface area contributed by atoms with E-state index in [2.05, 4.69) is 4.98 Å². The summed E-state index contributed by atoms with van der Waals surface area (Å²) in [7, 11) is 0. The summed E-state index contributed by atoms with van der Waals surface area (Å²) in [6.45, 7) is 5.37. The Morgan fingerprint density at radius 3 is 2.72 bits per heavy atom. The van der Waals surface area contributed by atoms with Crippen LogP contribution in [0.1, 0.15) is 35.5 Å². The molecule has 1 N–H and O–H groups in total. The van der Waals surface area contributed by atoms with Gasteiger partial charge in [0.15, 0.2) is 0 Å². The standard InChI is InChI=1S/C22H19NO5S/c1-4-12-10-13-18(25)16(21-23-14-8-6-7-9-15(14)29-21)20(22(26)27-5-2)28-19(13)11(3)17(12)24/h6-10,24H,4-5H2,1-3H3. The van der Waals surface area contributed by atoms with Crippen molar-refractivity contribution in [1.29, 1.82) is 0 Å². The van der Waals surface area contributed by atoms with Crippen molar-refractivity contribution in [1.82, 2.24) is 4.98 Å². The summed E-state index contributed by atoms with van der Waals surface area (Å²) in [5.74, 6) is -0.875. The highest BCUT2D eigenvalue weighted by molar-refractivity contribution is 7.21. The molecule has 0 aliphatic heterocycles. The number of carbonyl (C=O) groups is 1. The van der Waals surface area contributed by atoms with Crippen LogP contribution in [0.2, 0.25) is 0 Å². The van der Waals surface area contributed by atoms with Crippen LogP contribution in [-0.2, 0) is 11.2 Å². The number of hydrogen-bond donors (Lipinski definition) is 1. The molecule has 0 saturated carbocycles. The molecule has 2 aromatic carbocycles. The second-order valence-corrected chi connectivity index (χ2v) is 7.61. The Morgan fingerprint density at radius 2 is 2.03 bits per heavy atom. The molecule has 0 spiro atoms. The fraction of sp³-hybridized carbons (Fsp3) is 0.227. The molecule has 6 nitrogen and oxygen atoms in total. The first-order valence-corrected chi connectivity index (χ1v) is 10.1. The summed E-state index contributed by atoms with van der Waals surface area (Å²) in [4.78, 5) is 30.7. The molecule has 7 heteroatoms. The lowest BCUT2D eigenvalue weighted by molar-refractivity contribution is 0.0492. The topological polar surface area (TPSA) is 89.6 Å². The Balaban J connectivity index is 2.11. The van der Waals surface area contributed by atoms with Gasteiger partial charge in [0.1, 0.15) is 21.9 Å². The first-order valence-electron chi connectivity index (χ1n) is 9.31. The number of hydrogen-bond acceptors (Lipinski definition) is 7. The number of esters is 1. The summed E-state index contributed by atoms with van der Waals surface area (Å²) < 4.78 is 11.9. The van der Waals surface area contributed by atoms with Gasteiger partial charge in [-0.05, 0) is 44.0 Å². The van der Waals surface area contributed by atoms with E-state index in [0.29, 0.717) is 27.9 Å². The molecular weight excluding hydrogens is 390 g/mol. The van der Waals surface area contributed by atoms with Gasteiger partial charge in [-0.25, -0.2) is 9.78 Å². The van der Waals surface area contributed by atoms with Gasteiger partial charge in [0.25, 0.3) is 0 Å². The SMILES string of the molecule is CCOC(=O)c1oc2c(C)c(O)c(CC)cc2c(=O)c1-c1nc2ccccc2s1. The van der Waals surface area contributed by atoms with Gasteiger partial charge in [0, 0.05) is 5.56 Å². The highest BCUT2D eigenvalue weighted by Gasteiger charge is 2.27.